The summed E-state index contributed by atoms with van der Waals surface area (Å²) in [5.74, 6) is 1.70. The maximum absolute atomic E-state index is 13.6. The molecule has 2 heterocycles. The third kappa shape index (κ3) is 3.70. The van der Waals surface area contributed by atoms with E-state index in [0.717, 1.165) is 29.7 Å². The fourth-order valence-corrected chi connectivity index (χ4v) is 8.15. The van der Waals surface area contributed by atoms with Crippen LogP contribution < -0.4 is 5.32 Å². The largest absolute Gasteiger partial charge is 0.462 e. The first kappa shape index (κ1) is 21.7. The monoisotopic (exact) mass is 460 g/mol. The number of nitrogens with one attached hydrogen (secondary N) is 1. The lowest BCUT2D eigenvalue weighted by Crippen LogP contribution is -2.51. The van der Waals surface area contributed by atoms with E-state index in [1.807, 2.05) is 0 Å². The number of anilines is 1. The van der Waals surface area contributed by atoms with Crippen molar-refractivity contribution < 1.29 is 23.9 Å². The molecule has 0 aromatic carbocycles. The van der Waals surface area contributed by atoms with Crippen molar-refractivity contribution in [3.05, 3.63) is 16.0 Å². The molecular formula is C24H32N2O5S. The highest BCUT2D eigenvalue weighted by Gasteiger charge is 2.54. The minimum absolute atomic E-state index is 0.0722. The number of fused-ring (bicyclic) bond motifs is 1. The summed E-state index contributed by atoms with van der Waals surface area (Å²) in [7, 11) is 0. The van der Waals surface area contributed by atoms with Gasteiger partial charge in [-0.05, 0) is 82.1 Å². The number of carbonyl (C=O) groups is 3. The molecule has 5 aliphatic rings. The highest BCUT2D eigenvalue weighted by atomic mass is 32.1. The zero-order valence-corrected chi connectivity index (χ0v) is 19.7. The first-order chi connectivity index (χ1) is 15.4. The van der Waals surface area contributed by atoms with E-state index in [4.69, 9.17) is 9.47 Å². The number of carbonyl (C=O) groups excluding carboxylic acids is 3. The summed E-state index contributed by atoms with van der Waals surface area (Å²) in [6, 6.07) is 0. The van der Waals surface area contributed by atoms with Gasteiger partial charge in [0.05, 0.1) is 30.7 Å². The van der Waals surface area contributed by atoms with Gasteiger partial charge < -0.3 is 19.7 Å². The van der Waals surface area contributed by atoms with Crippen LogP contribution in [0.1, 0.15) is 73.2 Å². The van der Waals surface area contributed by atoms with Crippen molar-refractivity contribution in [2.75, 3.05) is 25.1 Å². The molecule has 1 aromatic rings. The Morgan fingerprint density at radius 1 is 1.03 bits per heavy atom. The number of nitrogens with zero attached hydrogens (tertiary/aromatic N) is 1. The zero-order valence-electron chi connectivity index (χ0n) is 18.9. The molecule has 1 aliphatic heterocycles. The Labute approximate surface area is 192 Å². The highest BCUT2D eigenvalue weighted by molar-refractivity contribution is 7.17. The molecule has 32 heavy (non-hydrogen) atoms. The standard InChI is InChI=1S/C24H32N2O5S/c1-3-30-21(27)19-17-5-6-26(23(29)31-4-2)13-18(17)32-20(19)25-22(28)24-10-14-7-15(11-24)9-16(8-14)12-24/h14-16H,3-13H2,1-2H3,(H,25,28). The van der Waals surface area contributed by atoms with E-state index in [1.54, 1.807) is 18.7 Å². The van der Waals surface area contributed by atoms with E-state index in [1.165, 1.54) is 30.6 Å². The fourth-order valence-electron chi connectivity index (χ4n) is 6.91. The zero-order chi connectivity index (χ0) is 22.5. The Balaban J connectivity index is 1.42. The number of hydrogen-bond donors (Lipinski definition) is 1. The van der Waals surface area contributed by atoms with Gasteiger partial charge in [0.25, 0.3) is 0 Å². The molecule has 4 fully saturated rings. The minimum atomic E-state index is -0.393. The number of rotatable bonds is 5. The third-order valence-electron chi connectivity index (χ3n) is 7.81. The molecule has 0 unspecified atom stereocenters. The number of esters is 1. The predicted octanol–water partition coefficient (Wildman–Crippen LogP) is 4.59. The predicted molar refractivity (Wildman–Crippen MR) is 121 cm³/mol. The summed E-state index contributed by atoms with van der Waals surface area (Å²) < 4.78 is 10.5. The van der Waals surface area contributed by atoms with Crippen molar-refractivity contribution in [3.63, 3.8) is 0 Å². The number of ether oxygens (including phenoxy) is 2. The normalized spacial score (nSPS) is 30.1. The van der Waals surface area contributed by atoms with Crippen LogP contribution in [0.25, 0.3) is 0 Å². The lowest BCUT2D eigenvalue weighted by Gasteiger charge is -2.55. The molecule has 1 N–H and O–H groups in total. The SMILES string of the molecule is CCOC(=O)c1c(NC(=O)C23CC4CC(CC(C4)C2)C3)sc2c1CCN(C(=O)OCC)C2. The van der Waals surface area contributed by atoms with Crippen LogP contribution in [0.4, 0.5) is 9.80 Å². The van der Waals surface area contributed by atoms with Crippen LogP contribution in [-0.2, 0) is 27.2 Å². The van der Waals surface area contributed by atoms with E-state index >= 15 is 0 Å². The Bertz CT molecular complexity index is 904. The Morgan fingerprint density at radius 3 is 2.25 bits per heavy atom. The maximum atomic E-state index is 13.6. The summed E-state index contributed by atoms with van der Waals surface area (Å²) in [6.07, 6.45) is 6.95. The molecule has 4 bridgehead atoms. The van der Waals surface area contributed by atoms with Gasteiger partial charge in [-0.1, -0.05) is 0 Å². The average Bonchev–Trinajstić information content (AvgIpc) is 3.10. The fraction of sp³-hybridized carbons (Fsp3) is 0.708. The molecule has 0 saturated heterocycles. The van der Waals surface area contributed by atoms with E-state index in [-0.39, 0.29) is 24.0 Å². The molecule has 4 saturated carbocycles. The summed E-state index contributed by atoms with van der Waals surface area (Å²) in [4.78, 5) is 41.3. The summed E-state index contributed by atoms with van der Waals surface area (Å²) in [5.41, 5.74) is 1.09. The van der Waals surface area contributed by atoms with Gasteiger partial charge in [-0.15, -0.1) is 11.3 Å². The molecule has 6 rings (SSSR count). The third-order valence-corrected chi connectivity index (χ3v) is 8.94. The smallest absolute Gasteiger partial charge is 0.410 e. The van der Waals surface area contributed by atoms with Crippen molar-refractivity contribution in [1.29, 1.82) is 0 Å². The van der Waals surface area contributed by atoms with Gasteiger partial charge in [0, 0.05) is 11.4 Å². The lowest BCUT2D eigenvalue weighted by molar-refractivity contribution is -0.140. The Kier molecular flexibility index (Phi) is 5.68. The maximum Gasteiger partial charge on any atom is 0.410 e. The van der Waals surface area contributed by atoms with Gasteiger partial charge in [-0.2, -0.15) is 0 Å². The van der Waals surface area contributed by atoms with Crippen LogP contribution in [0.2, 0.25) is 0 Å². The van der Waals surface area contributed by atoms with Crippen LogP contribution in [0.3, 0.4) is 0 Å². The second-order valence-electron chi connectivity index (χ2n) is 9.95. The van der Waals surface area contributed by atoms with Crippen molar-refractivity contribution >= 4 is 34.3 Å². The Morgan fingerprint density at radius 2 is 1.66 bits per heavy atom. The van der Waals surface area contributed by atoms with Crippen LogP contribution in [0, 0.1) is 23.2 Å². The quantitative estimate of drug-likeness (QED) is 0.650. The minimum Gasteiger partial charge on any atom is -0.462 e. The van der Waals surface area contributed by atoms with Crippen LogP contribution in [0.15, 0.2) is 0 Å². The molecule has 1 aromatic heterocycles. The van der Waals surface area contributed by atoms with Crippen LogP contribution in [-0.4, -0.2) is 42.6 Å². The van der Waals surface area contributed by atoms with Gasteiger partial charge in [0.15, 0.2) is 0 Å². The number of amides is 2. The van der Waals surface area contributed by atoms with Gasteiger partial charge in [-0.25, -0.2) is 9.59 Å². The van der Waals surface area contributed by atoms with Crippen LogP contribution in [0.5, 0.6) is 0 Å². The van der Waals surface area contributed by atoms with Gasteiger partial charge >= 0.3 is 12.1 Å². The number of thiophene rings is 1. The first-order valence-electron chi connectivity index (χ1n) is 12.0. The van der Waals surface area contributed by atoms with Gasteiger partial charge in [0.1, 0.15) is 5.00 Å². The number of hydrogen-bond acceptors (Lipinski definition) is 6. The summed E-state index contributed by atoms with van der Waals surface area (Å²) >= 11 is 1.41. The van der Waals surface area contributed by atoms with Gasteiger partial charge in [-0.3, -0.25) is 4.79 Å². The lowest BCUT2D eigenvalue weighted by atomic mass is 9.49. The molecule has 8 heteroatoms. The van der Waals surface area contributed by atoms with Crippen molar-refractivity contribution in [2.24, 2.45) is 23.2 Å². The van der Waals surface area contributed by atoms with E-state index in [2.05, 4.69) is 5.32 Å². The molecule has 4 aliphatic carbocycles. The molecule has 2 amide bonds. The van der Waals surface area contributed by atoms with Crippen molar-refractivity contribution in [2.45, 2.75) is 65.3 Å². The Hall–Kier alpha value is -2.09. The molecule has 0 spiro atoms. The van der Waals surface area contributed by atoms with E-state index in [9.17, 15) is 14.4 Å². The molecular weight excluding hydrogens is 428 g/mol. The van der Waals surface area contributed by atoms with E-state index in [0.29, 0.717) is 54.4 Å². The van der Waals surface area contributed by atoms with Crippen LogP contribution >= 0.6 is 11.3 Å². The second-order valence-corrected chi connectivity index (χ2v) is 11.1. The topological polar surface area (TPSA) is 84.9 Å². The molecule has 0 atom stereocenters. The highest BCUT2D eigenvalue weighted by Crippen LogP contribution is 2.60. The molecule has 0 radical (unpaired) electrons. The summed E-state index contributed by atoms with van der Waals surface area (Å²) in [6.45, 7) is 5.05. The summed E-state index contributed by atoms with van der Waals surface area (Å²) in [5, 5.41) is 3.76. The molecule has 7 nitrogen and oxygen atoms in total. The van der Waals surface area contributed by atoms with Gasteiger partial charge in [0.2, 0.25) is 5.91 Å². The van der Waals surface area contributed by atoms with E-state index < -0.39 is 5.97 Å². The second kappa shape index (κ2) is 8.36. The molecule has 174 valence electrons. The van der Waals surface area contributed by atoms with Crippen molar-refractivity contribution in [3.8, 4) is 0 Å². The first-order valence-corrected chi connectivity index (χ1v) is 12.8. The van der Waals surface area contributed by atoms with Crippen molar-refractivity contribution in [1.82, 2.24) is 4.90 Å². The average molecular weight is 461 g/mol.